The van der Waals surface area contributed by atoms with Crippen LogP contribution in [0.2, 0.25) is 0 Å². The van der Waals surface area contributed by atoms with Crippen LogP contribution in [0.1, 0.15) is 12.8 Å². The fourth-order valence-corrected chi connectivity index (χ4v) is 3.25. The quantitative estimate of drug-likeness (QED) is 0.762. The smallest absolute Gasteiger partial charge is 0.224 e. The van der Waals surface area contributed by atoms with Crippen LogP contribution in [0.4, 0.5) is 11.8 Å². The monoisotopic (exact) mass is 259 g/mol. The van der Waals surface area contributed by atoms with Gasteiger partial charge in [0.25, 0.3) is 0 Å². The molecule has 0 radical (unpaired) electrons. The second-order valence-corrected chi connectivity index (χ2v) is 5.28. The van der Waals surface area contributed by atoms with Gasteiger partial charge in [-0.15, -0.1) is 0 Å². The molecular weight excluding hydrogens is 242 g/mol. The molecule has 7 nitrogen and oxygen atoms in total. The molecule has 2 aliphatic heterocycles. The summed E-state index contributed by atoms with van der Waals surface area (Å²) in [5, 5.41) is 0. The van der Waals surface area contributed by atoms with Crippen LogP contribution < -0.4 is 10.6 Å². The van der Waals surface area contributed by atoms with Crippen molar-refractivity contribution in [2.45, 2.75) is 18.9 Å². The lowest BCUT2D eigenvalue weighted by molar-refractivity contribution is 0.230. The van der Waals surface area contributed by atoms with Gasteiger partial charge in [0.1, 0.15) is 5.52 Å². The van der Waals surface area contributed by atoms with E-state index in [9.17, 15) is 0 Å². The highest BCUT2D eigenvalue weighted by Gasteiger charge is 2.32. The molecule has 0 amide bonds. The maximum Gasteiger partial charge on any atom is 0.224 e. The number of fused-ring (bicyclic) bond motifs is 2. The standard InChI is InChI=1S/C12H17N7/c13-12-16-10-9(14-7-15-10)11(17-12)19-5-4-18-3-1-2-8(18)6-19/h7-8H,1-6H2,(H3,13,14,15,16,17). The molecule has 2 aromatic heterocycles. The van der Waals surface area contributed by atoms with E-state index in [2.05, 4.69) is 29.7 Å². The molecule has 2 fully saturated rings. The Hall–Kier alpha value is -1.89. The summed E-state index contributed by atoms with van der Waals surface area (Å²) in [6.07, 6.45) is 4.24. The molecule has 2 saturated heterocycles. The summed E-state index contributed by atoms with van der Waals surface area (Å²) < 4.78 is 0. The number of rotatable bonds is 1. The van der Waals surface area contributed by atoms with Gasteiger partial charge in [0.2, 0.25) is 5.95 Å². The number of aromatic nitrogens is 4. The number of anilines is 2. The Labute approximate surface area is 110 Å². The molecule has 19 heavy (non-hydrogen) atoms. The summed E-state index contributed by atoms with van der Waals surface area (Å²) >= 11 is 0. The van der Waals surface area contributed by atoms with Gasteiger partial charge in [0.05, 0.1) is 6.33 Å². The van der Waals surface area contributed by atoms with E-state index in [-0.39, 0.29) is 0 Å². The number of nitrogens with two attached hydrogens (primary N) is 1. The molecule has 3 N–H and O–H groups in total. The van der Waals surface area contributed by atoms with E-state index in [4.69, 9.17) is 5.73 Å². The van der Waals surface area contributed by atoms with Gasteiger partial charge in [0.15, 0.2) is 11.5 Å². The fraction of sp³-hybridized carbons (Fsp3) is 0.583. The van der Waals surface area contributed by atoms with Crippen LogP contribution in [0.3, 0.4) is 0 Å². The number of nitrogens with zero attached hydrogens (tertiary/aromatic N) is 5. The number of nitrogen functional groups attached to an aromatic ring is 1. The minimum Gasteiger partial charge on any atom is -0.368 e. The fourth-order valence-electron chi connectivity index (χ4n) is 3.25. The molecule has 4 rings (SSSR count). The van der Waals surface area contributed by atoms with Crippen molar-refractivity contribution >= 4 is 22.9 Å². The number of piperazine rings is 1. The van der Waals surface area contributed by atoms with Gasteiger partial charge in [-0.05, 0) is 19.4 Å². The highest BCUT2D eigenvalue weighted by atomic mass is 15.3. The van der Waals surface area contributed by atoms with Crippen molar-refractivity contribution < 1.29 is 0 Å². The van der Waals surface area contributed by atoms with Crippen LogP contribution >= 0.6 is 0 Å². The van der Waals surface area contributed by atoms with Crippen LogP contribution in [-0.2, 0) is 0 Å². The summed E-state index contributed by atoms with van der Waals surface area (Å²) in [5.41, 5.74) is 7.32. The first-order chi connectivity index (χ1) is 9.31. The zero-order valence-electron chi connectivity index (χ0n) is 10.7. The average molecular weight is 259 g/mol. The Bertz CT molecular complexity index is 607. The largest absolute Gasteiger partial charge is 0.368 e. The van der Waals surface area contributed by atoms with Gasteiger partial charge in [-0.3, -0.25) is 4.90 Å². The number of H-pyrrole nitrogens is 1. The topological polar surface area (TPSA) is 87.0 Å². The molecule has 7 heteroatoms. The van der Waals surface area contributed by atoms with E-state index >= 15 is 0 Å². The normalized spacial score (nSPS) is 24.0. The van der Waals surface area contributed by atoms with Gasteiger partial charge >= 0.3 is 0 Å². The number of imidazole rings is 1. The van der Waals surface area contributed by atoms with E-state index in [0.717, 1.165) is 31.0 Å². The van der Waals surface area contributed by atoms with E-state index in [1.54, 1.807) is 6.33 Å². The first-order valence-corrected chi connectivity index (χ1v) is 6.77. The highest BCUT2D eigenvalue weighted by molar-refractivity contribution is 5.84. The minimum atomic E-state index is 0.295. The first kappa shape index (κ1) is 11.0. The third-order valence-electron chi connectivity index (χ3n) is 4.17. The Morgan fingerprint density at radius 2 is 2.21 bits per heavy atom. The maximum atomic E-state index is 5.78. The molecule has 100 valence electrons. The zero-order valence-corrected chi connectivity index (χ0v) is 10.7. The minimum absolute atomic E-state index is 0.295. The molecule has 0 spiro atoms. The van der Waals surface area contributed by atoms with Crippen molar-refractivity contribution in [2.24, 2.45) is 0 Å². The maximum absolute atomic E-state index is 5.78. The Morgan fingerprint density at radius 1 is 1.26 bits per heavy atom. The Morgan fingerprint density at radius 3 is 3.16 bits per heavy atom. The predicted octanol–water partition coefficient (Wildman–Crippen LogP) is 0.219. The van der Waals surface area contributed by atoms with E-state index < -0.39 is 0 Å². The highest BCUT2D eigenvalue weighted by Crippen LogP contribution is 2.27. The van der Waals surface area contributed by atoms with E-state index in [1.165, 1.54) is 19.4 Å². The molecule has 0 saturated carbocycles. The zero-order chi connectivity index (χ0) is 12.8. The molecule has 0 bridgehead atoms. The van der Waals surface area contributed by atoms with E-state index in [0.29, 0.717) is 17.6 Å². The van der Waals surface area contributed by atoms with Crippen molar-refractivity contribution in [3.05, 3.63) is 6.33 Å². The molecule has 0 aromatic carbocycles. The lowest BCUT2D eigenvalue weighted by Gasteiger charge is -2.38. The van der Waals surface area contributed by atoms with Crippen molar-refractivity contribution in [3.8, 4) is 0 Å². The van der Waals surface area contributed by atoms with Gasteiger partial charge < -0.3 is 15.6 Å². The third kappa shape index (κ3) is 1.73. The second-order valence-electron chi connectivity index (χ2n) is 5.28. The number of hydrogen-bond donors (Lipinski definition) is 2. The summed E-state index contributed by atoms with van der Waals surface area (Å²) in [4.78, 5) is 20.7. The average Bonchev–Trinajstić information content (AvgIpc) is 3.04. The molecule has 4 heterocycles. The predicted molar refractivity (Wildman–Crippen MR) is 72.9 cm³/mol. The lowest BCUT2D eigenvalue weighted by atomic mass is 10.1. The number of hydrogen-bond acceptors (Lipinski definition) is 6. The lowest BCUT2D eigenvalue weighted by Crippen LogP contribution is -2.50. The SMILES string of the molecule is Nc1nc(N2CCN3CCCC3C2)c2[nH]cnc2n1. The summed E-state index contributed by atoms with van der Waals surface area (Å²) in [5.74, 6) is 1.19. The summed E-state index contributed by atoms with van der Waals surface area (Å²) in [7, 11) is 0. The third-order valence-corrected chi connectivity index (χ3v) is 4.17. The van der Waals surface area contributed by atoms with Gasteiger partial charge in [0, 0.05) is 25.7 Å². The first-order valence-electron chi connectivity index (χ1n) is 6.77. The van der Waals surface area contributed by atoms with Crippen molar-refractivity contribution in [1.82, 2.24) is 24.8 Å². The Kier molecular flexibility index (Phi) is 2.34. The summed E-state index contributed by atoms with van der Waals surface area (Å²) in [6, 6.07) is 0.655. The van der Waals surface area contributed by atoms with Crippen LogP contribution in [0, 0.1) is 0 Å². The van der Waals surface area contributed by atoms with Crippen LogP contribution in [0.25, 0.3) is 11.2 Å². The Balaban J connectivity index is 1.72. The molecule has 2 aliphatic rings. The van der Waals surface area contributed by atoms with Crippen LogP contribution in [0.15, 0.2) is 6.33 Å². The van der Waals surface area contributed by atoms with Gasteiger partial charge in [-0.2, -0.15) is 9.97 Å². The molecule has 1 atom stereocenters. The number of nitrogens with one attached hydrogen (secondary N) is 1. The molecule has 1 unspecified atom stereocenters. The summed E-state index contributed by atoms with van der Waals surface area (Å²) in [6.45, 7) is 4.35. The molecule has 0 aliphatic carbocycles. The van der Waals surface area contributed by atoms with E-state index in [1.807, 2.05) is 0 Å². The van der Waals surface area contributed by atoms with Gasteiger partial charge in [-0.1, -0.05) is 0 Å². The second kappa shape index (κ2) is 4.06. The van der Waals surface area contributed by atoms with Crippen molar-refractivity contribution in [1.29, 1.82) is 0 Å². The van der Waals surface area contributed by atoms with Crippen LogP contribution in [0.5, 0.6) is 0 Å². The van der Waals surface area contributed by atoms with Gasteiger partial charge in [-0.25, -0.2) is 4.98 Å². The van der Waals surface area contributed by atoms with Crippen LogP contribution in [-0.4, -0.2) is 57.1 Å². The van der Waals surface area contributed by atoms with Crippen molar-refractivity contribution in [3.63, 3.8) is 0 Å². The van der Waals surface area contributed by atoms with Crippen molar-refractivity contribution in [2.75, 3.05) is 36.8 Å². The number of aromatic amines is 1. The molecular formula is C12H17N7. The molecule has 2 aromatic rings.